The maximum absolute atomic E-state index is 12.6. The number of carbonyl (C=O) groups is 1. The third-order valence-electron chi connectivity index (χ3n) is 3.89. The molecular formula is C15H20N2O3. The summed E-state index contributed by atoms with van der Waals surface area (Å²) in [6.07, 6.45) is 1.12. The second-order valence-corrected chi connectivity index (χ2v) is 5.86. The zero-order chi connectivity index (χ0) is 14.9. The van der Waals surface area contributed by atoms with Gasteiger partial charge < -0.3 is 4.90 Å². The van der Waals surface area contributed by atoms with Gasteiger partial charge in [-0.1, -0.05) is 19.9 Å². The second kappa shape index (κ2) is 5.61. The molecule has 0 N–H and O–H groups in total. The van der Waals surface area contributed by atoms with Crippen molar-refractivity contribution in [2.75, 3.05) is 13.1 Å². The van der Waals surface area contributed by atoms with Gasteiger partial charge in [-0.3, -0.25) is 14.9 Å². The summed E-state index contributed by atoms with van der Waals surface area (Å²) >= 11 is 0. The van der Waals surface area contributed by atoms with Crippen LogP contribution in [0.2, 0.25) is 0 Å². The fraction of sp³-hybridized carbons (Fsp3) is 0.533. The van der Waals surface area contributed by atoms with Gasteiger partial charge in [0.05, 0.1) is 4.92 Å². The van der Waals surface area contributed by atoms with E-state index in [2.05, 4.69) is 13.8 Å². The van der Waals surface area contributed by atoms with Gasteiger partial charge in [-0.2, -0.15) is 0 Å². The molecule has 2 rings (SSSR count). The van der Waals surface area contributed by atoms with E-state index in [0.29, 0.717) is 23.0 Å². The van der Waals surface area contributed by atoms with Crippen LogP contribution < -0.4 is 0 Å². The van der Waals surface area contributed by atoms with E-state index in [1.54, 1.807) is 19.1 Å². The Morgan fingerprint density at radius 1 is 1.30 bits per heavy atom. The van der Waals surface area contributed by atoms with Gasteiger partial charge in [0.1, 0.15) is 0 Å². The lowest BCUT2D eigenvalue weighted by molar-refractivity contribution is -0.385. The van der Waals surface area contributed by atoms with E-state index in [9.17, 15) is 14.9 Å². The first kappa shape index (κ1) is 14.5. The molecule has 1 aromatic rings. The molecule has 0 unspecified atom stereocenters. The van der Waals surface area contributed by atoms with E-state index >= 15 is 0 Å². The number of amides is 1. The number of benzene rings is 1. The summed E-state index contributed by atoms with van der Waals surface area (Å²) < 4.78 is 0. The van der Waals surface area contributed by atoms with Crippen LogP contribution in [0.4, 0.5) is 5.69 Å². The molecule has 0 aromatic heterocycles. The van der Waals surface area contributed by atoms with Gasteiger partial charge in [-0.15, -0.1) is 0 Å². The van der Waals surface area contributed by atoms with Crippen LogP contribution in [-0.4, -0.2) is 28.8 Å². The average molecular weight is 276 g/mol. The van der Waals surface area contributed by atoms with Gasteiger partial charge in [0.25, 0.3) is 11.6 Å². The molecule has 5 heteroatoms. The van der Waals surface area contributed by atoms with Crippen molar-refractivity contribution in [3.8, 4) is 0 Å². The van der Waals surface area contributed by atoms with Gasteiger partial charge in [0, 0.05) is 30.3 Å². The molecule has 1 aliphatic heterocycles. The highest BCUT2D eigenvalue weighted by Crippen LogP contribution is 2.26. The molecule has 0 spiro atoms. The van der Waals surface area contributed by atoms with E-state index in [-0.39, 0.29) is 11.6 Å². The Hall–Kier alpha value is -1.91. The Kier molecular flexibility index (Phi) is 4.06. The molecule has 0 bridgehead atoms. The summed E-state index contributed by atoms with van der Waals surface area (Å²) in [6.45, 7) is 7.37. The molecule has 20 heavy (non-hydrogen) atoms. The van der Waals surface area contributed by atoms with Crippen LogP contribution in [0.1, 0.15) is 36.2 Å². The van der Waals surface area contributed by atoms with Gasteiger partial charge >= 0.3 is 0 Å². The van der Waals surface area contributed by atoms with Crippen LogP contribution >= 0.6 is 0 Å². The Morgan fingerprint density at radius 3 is 2.45 bits per heavy atom. The summed E-state index contributed by atoms with van der Waals surface area (Å²) in [5.74, 6) is 0.855. The predicted octanol–water partition coefficient (Wildman–Crippen LogP) is 3.02. The predicted molar refractivity (Wildman–Crippen MR) is 76.7 cm³/mol. The number of piperidine rings is 1. The van der Waals surface area contributed by atoms with Crippen molar-refractivity contribution in [1.29, 1.82) is 0 Å². The number of carbonyl (C=O) groups excluding carboxylic acids is 1. The van der Waals surface area contributed by atoms with Crippen LogP contribution in [0.15, 0.2) is 18.2 Å². The summed E-state index contributed by atoms with van der Waals surface area (Å²) in [5, 5.41) is 11.0. The zero-order valence-corrected chi connectivity index (χ0v) is 12.1. The van der Waals surface area contributed by atoms with Crippen molar-refractivity contribution >= 4 is 11.6 Å². The first-order valence-electron chi connectivity index (χ1n) is 6.93. The smallest absolute Gasteiger partial charge is 0.273 e. The summed E-state index contributed by atoms with van der Waals surface area (Å²) in [6, 6.07) is 4.69. The third-order valence-corrected chi connectivity index (χ3v) is 3.89. The lowest BCUT2D eigenvalue weighted by Gasteiger charge is -2.35. The fourth-order valence-corrected chi connectivity index (χ4v) is 3.05. The molecule has 1 saturated heterocycles. The summed E-state index contributed by atoms with van der Waals surface area (Å²) in [7, 11) is 0. The van der Waals surface area contributed by atoms with Crippen molar-refractivity contribution in [3.63, 3.8) is 0 Å². The van der Waals surface area contributed by atoms with E-state index in [1.165, 1.54) is 6.07 Å². The minimum Gasteiger partial charge on any atom is -0.338 e. The Labute approximate surface area is 118 Å². The monoisotopic (exact) mass is 276 g/mol. The normalized spacial score (nSPS) is 22.6. The summed E-state index contributed by atoms with van der Waals surface area (Å²) in [4.78, 5) is 24.9. The van der Waals surface area contributed by atoms with Crippen LogP contribution in [0.25, 0.3) is 0 Å². The number of nitro benzene ring substituents is 1. The number of hydrogen-bond acceptors (Lipinski definition) is 3. The van der Waals surface area contributed by atoms with Gasteiger partial charge in [0.15, 0.2) is 0 Å². The molecule has 1 heterocycles. The Morgan fingerprint density at radius 2 is 1.90 bits per heavy atom. The quantitative estimate of drug-likeness (QED) is 0.616. The first-order chi connectivity index (χ1) is 9.40. The van der Waals surface area contributed by atoms with Crippen molar-refractivity contribution in [2.45, 2.75) is 27.2 Å². The highest BCUT2D eigenvalue weighted by Gasteiger charge is 2.28. The first-order valence-corrected chi connectivity index (χ1v) is 6.93. The third kappa shape index (κ3) is 2.81. The fourth-order valence-electron chi connectivity index (χ4n) is 3.05. The van der Waals surface area contributed by atoms with Crippen LogP contribution in [0.3, 0.4) is 0 Å². The highest BCUT2D eigenvalue weighted by atomic mass is 16.6. The topological polar surface area (TPSA) is 63.5 Å². The molecule has 1 fully saturated rings. The molecule has 2 atom stereocenters. The molecular weight excluding hydrogens is 256 g/mol. The van der Waals surface area contributed by atoms with Gasteiger partial charge in [0.2, 0.25) is 0 Å². The SMILES string of the molecule is Cc1c(C(=O)N2C[C@H](C)C[C@H](C)C2)cccc1[N+](=O)[O-]. The highest BCUT2D eigenvalue weighted by molar-refractivity contribution is 5.96. The second-order valence-electron chi connectivity index (χ2n) is 5.86. The maximum atomic E-state index is 12.6. The van der Waals surface area contributed by atoms with Crippen LogP contribution in [0, 0.1) is 28.9 Å². The largest absolute Gasteiger partial charge is 0.338 e. The summed E-state index contributed by atoms with van der Waals surface area (Å²) in [5.41, 5.74) is 0.905. The standard InChI is InChI=1S/C15H20N2O3/c1-10-7-11(2)9-16(8-10)15(18)13-5-4-6-14(12(13)3)17(19)20/h4-6,10-11H,7-9H2,1-3H3/t10-,11+. The van der Waals surface area contributed by atoms with Crippen molar-refractivity contribution in [3.05, 3.63) is 39.4 Å². The van der Waals surface area contributed by atoms with Gasteiger partial charge in [-0.25, -0.2) is 0 Å². The minimum absolute atomic E-state index is 0.00829. The number of nitrogens with zero attached hydrogens (tertiary/aromatic N) is 2. The molecule has 1 aliphatic rings. The van der Waals surface area contributed by atoms with E-state index in [0.717, 1.165) is 19.5 Å². The molecule has 1 aromatic carbocycles. The molecule has 108 valence electrons. The molecule has 5 nitrogen and oxygen atoms in total. The number of hydrogen-bond donors (Lipinski definition) is 0. The van der Waals surface area contributed by atoms with E-state index < -0.39 is 4.92 Å². The van der Waals surface area contributed by atoms with Gasteiger partial charge in [-0.05, 0) is 31.2 Å². The van der Waals surface area contributed by atoms with Crippen LogP contribution in [0.5, 0.6) is 0 Å². The Bertz CT molecular complexity index is 532. The number of rotatable bonds is 2. The molecule has 0 saturated carbocycles. The number of likely N-dealkylation sites (tertiary alicyclic amines) is 1. The van der Waals surface area contributed by atoms with Crippen LogP contribution in [-0.2, 0) is 0 Å². The lowest BCUT2D eigenvalue weighted by atomic mass is 9.91. The molecule has 0 aliphatic carbocycles. The average Bonchev–Trinajstić information content (AvgIpc) is 2.36. The van der Waals surface area contributed by atoms with E-state index in [1.807, 2.05) is 4.90 Å². The Balaban J connectivity index is 2.29. The maximum Gasteiger partial charge on any atom is 0.273 e. The lowest BCUT2D eigenvalue weighted by Crippen LogP contribution is -2.42. The molecule has 1 amide bonds. The van der Waals surface area contributed by atoms with E-state index in [4.69, 9.17) is 0 Å². The number of nitro groups is 1. The molecule has 0 radical (unpaired) electrons. The zero-order valence-electron chi connectivity index (χ0n) is 12.1. The minimum atomic E-state index is -0.437. The van der Waals surface area contributed by atoms with Crippen molar-refractivity contribution < 1.29 is 9.72 Å². The van der Waals surface area contributed by atoms with Crippen molar-refractivity contribution in [2.24, 2.45) is 11.8 Å². The van der Waals surface area contributed by atoms with Crippen molar-refractivity contribution in [1.82, 2.24) is 4.90 Å².